The van der Waals surface area contributed by atoms with Crippen LogP contribution in [0.4, 0.5) is 0 Å². The molecule has 0 saturated carbocycles. The number of rotatable bonds is 37. The van der Waals surface area contributed by atoms with E-state index in [4.69, 9.17) is 52.1 Å². The second kappa shape index (κ2) is 38.6. The Morgan fingerprint density at radius 3 is 0.700 bits per heavy atom. The first-order valence-electron chi connectivity index (χ1n) is 15.3. The summed E-state index contributed by atoms with van der Waals surface area (Å²) in [6.45, 7) is 16.9. The summed E-state index contributed by atoms with van der Waals surface area (Å²) in [6.07, 6.45) is 6.29. The molecule has 0 atom stereocenters. The van der Waals surface area contributed by atoms with E-state index < -0.39 is 0 Å². The van der Waals surface area contributed by atoms with E-state index >= 15 is 0 Å². The summed E-state index contributed by atoms with van der Waals surface area (Å²) < 4.78 is 59.8. The van der Waals surface area contributed by atoms with Crippen LogP contribution in [0.3, 0.4) is 0 Å². The van der Waals surface area contributed by atoms with Gasteiger partial charge in [0.15, 0.2) is 0 Å². The van der Waals surface area contributed by atoms with Gasteiger partial charge in [-0.2, -0.15) is 0 Å². The Balaban J connectivity index is 3.01. The highest BCUT2D eigenvalue weighted by atomic mass is 16.6. The summed E-state index contributed by atoms with van der Waals surface area (Å²) in [5, 5.41) is 0. The van der Waals surface area contributed by atoms with Crippen molar-refractivity contribution in [3.8, 4) is 0 Å². The average Bonchev–Trinajstić information content (AvgIpc) is 2.97. The highest BCUT2D eigenvalue weighted by Crippen LogP contribution is 2.02. The second-order valence-corrected chi connectivity index (χ2v) is 8.73. The molecule has 0 amide bonds. The van der Waals surface area contributed by atoms with E-state index in [1.54, 1.807) is 0 Å². The van der Waals surface area contributed by atoms with Gasteiger partial charge in [0.2, 0.25) is 0 Å². The van der Waals surface area contributed by atoms with E-state index in [2.05, 4.69) is 6.92 Å². The molecular formula is C29H60O11. The molecule has 0 unspecified atom stereocenters. The highest BCUT2D eigenvalue weighted by Gasteiger charge is 1.96. The van der Waals surface area contributed by atoms with Gasteiger partial charge >= 0.3 is 0 Å². The summed E-state index contributed by atoms with van der Waals surface area (Å²) >= 11 is 0. The molecule has 0 rings (SSSR count). The van der Waals surface area contributed by atoms with Gasteiger partial charge in [-0.15, -0.1) is 0 Å². The molecule has 242 valence electrons. The Morgan fingerprint density at radius 1 is 0.225 bits per heavy atom. The Kier molecular flexibility index (Phi) is 38.1. The van der Waals surface area contributed by atoms with Crippen molar-refractivity contribution in [2.24, 2.45) is 0 Å². The van der Waals surface area contributed by atoms with E-state index in [0.717, 1.165) is 13.0 Å². The maximum absolute atomic E-state index is 5.55. The zero-order valence-electron chi connectivity index (χ0n) is 25.6. The summed E-state index contributed by atoms with van der Waals surface area (Å²) in [6, 6.07) is 0. The van der Waals surface area contributed by atoms with Crippen LogP contribution in [0.1, 0.15) is 46.0 Å². The van der Waals surface area contributed by atoms with E-state index in [1.807, 2.05) is 6.92 Å². The Hall–Kier alpha value is -0.440. The SMILES string of the molecule is CCCCCCCOCCOCCOCCOCCOCCOCCOCCOCCOCCOCCOCC. The largest absolute Gasteiger partial charge is 0.379 e. The molecule has 0 aromatic carbocycles. The van der Waals surface area contributed by atoms with E-state index in [9.17, 15) is 0 Å². The van der Waals surface area contributed by atoms with Crippen molar-refractivity contribution in [1.29, 1.82) is 0 Å². The molecule has 0 N–H and O–H groups in total. The minimum absolute atomic E-state index is 0.527. The van der Waals surface area contributed by atoms with Crippen molar-refractivity contribution in [2.75, 3.05) is 145 Å². The zero-order valence-corrected chi connectivity index (χ0v) is 25.6. The summed E-state index contributed by atoms with van der Waals surface area (Å²) in [5.41, 5.74) is 0. The molecule has 0 fully saturated rings. The van der Waals surface area contributed by atoms with Gasteiger partial charge < -0.3 is 52.1 Å². The number of unbranched alkanes of at least 4 members (excludes halogenated alkanes) is 4. The first kappa shape index (κ1) is 39.6. The first-order valence-corrected chi connectivity index (χ1v) is 15.3. The third-order valence-electron chi connectivity index (χ3n) is 5.32. The van der Waals surface area contributed by atoms with Crippen LogP contribution in [-0.2, 0) is 52.1 Å². The molecule has 0 saturated heterocycles. The van der Waals surface area contributed by atoms with E-state index in [0.29, 0.717) is 139 Å². The molecule has 0 bridgehead atoms. The lowest BCUT2D eigenvalue weighted by molar-refractivity contribution is -0.0274. The number of hydrogen-bond donors (Lipinski definition) is 0. The smallest absolute Gasteiger partial charge is 0.0701 e. The molecule has 11 nitrogen and oxygen atoms in total. The Morgan fingerprint density at radius 2 is 0.450 bits per heavy atom. The minimum atomic E-state index is 0.527. The van der Waals surface area contributed by atoms with Gasteiger partial charge in [0.05, 0.1) is 132 Å². The molecule has 0 aliphatic carbocycles. The van der Waals surface area contributed by atoms with Crippen molar-refractivity contribution in [1.82, 2.24) is 0 Å². The predicted octanol–water partition coefficient (Wildman–Crippen LogP) is 3.16. The van der Waals surface area contributed by atoms with Gasteiger partial charge in [-0.25, -0.2) is 0 Å². The summed E-state index contributed by atoms with van der Waals surface area (Å²) in [7, 11) is 0. The summed E-state index contributed by atoms with van der Waals surface area (Å²) in [4.78, 5) is 0. The molecule has 40 heavy (non-hydrogen) atoms. The van der Waals surface area contributed by atoms with Crippen molar-refractivity contribution in [3.05, 3.63) is 0 Å². The molecule has 0 aromatic rings. The van der Waals surface area contributed by atoms with Crippen LogP contribution >= 0.6 is 0 Å². The molecule has 0 aliphatic rings. The van der Waals surface area contributed by atoms with Crippen LogP contribution in [0.5, 0.6) is 0 Å². The average molecular weight is 585 g/mol. The first-order chi connectivity index (χ1) is 19.9. The fraction of sp³-hybridized carbons (Fsp3) is 1.00. The predicted molar refractivity (Wildman–Crippen MR) is 153 cm³/mol. The van der Waals surface area contributed by atoms with Crippen molar-refractivity contribution >= 4 is 0 Å². The normalized spacial score (nSPS) is 11.6. The van der Waals surface area contributed by atoms with Crippen LogP contribution in [0.25, 0.3) is 0 Å². The lowest BCUT2D eigenvalue weighted by Gasteiger charge is -2.09. The molecule has 0 aromatic heterocycles. The quantitative estimate of drug-likeness (QED) is 0.101. The van der Waals surface area contributed by atoms with Gasteiger partial charge in [0.1, 0.15) is 0 Å². The fourth-order valence-corrected chi connectivity index (χ4v) is 3.15. The Bertz CT molecular complexity index is 395. The third-order valence-corrected chi connectivity index (χ3v) is 5.32. The van der Waals surface area contributed by atoms with Crippen LogP contribution in [0.15, 0.2) is 0 Å². The Labute approximate surface area is 243 Å². The van der Waals surface area contributed by atoms with Crippen LogP contribution < -0.4 is 0 Å². The molecular weight excluding hydrogens is 524 g/mol. The molecule has 0 radical (unpaired) electrons. The van der Waals surface area contributed by atoms with Crippen LogP contribution in [-0.4, -0.2) is 145 Å². The molecule has 11 heteroatoms. The highest BCUT2D eigenvalue weighted by molar-refractivity contribution is 4.42. The minimum Gasteiger partial charge on any atom is -0.379 e. The van der Waals surface area contributed by atoms with Gasteiger partial charge in [0, 0.05) is 13.2 Å². The van der Waals surface area contributed by atoms with Crippen molar-refractivity contribution in [2.45, 2.75) is 46.0 Å². The van der Waals surface area contributed by atoms with Gasteiger partial charge in [-0.1, -0.05) is 32.6 Å². The summed E-state index contributed by atoms with van der Waals surface area (Å²) in [5.74, 6) is 0. The lowest BCUT2D eigenvalue weighted by Crippen LogP contribution is -2.15. The monoisotopic (exact) mass is 584 g/mol. The van der Waals surface area contributed by atoms with Gasteiger partial charge in [-0.05, 0) is 13.3 Å². The number of hydrogen-bond acceptors (Lipinski definition) is 11. The van der Waals surface area contributed by atoms with E-state index in [-0.39, 0.29) is 0 Å². The maximum Gasteiger partial charge on any atom is 0.0701 e. The molecule has 0 heterocycles. The standard InChI is InChI=1S/C29H60O11/c1-3-5-6-7-8-9-31-12-13-33-16-17-35-20-21-37-24-25-39-28-29-40-27-26-38-23-22-36-19-18-34-15-14-32-11-10-30-4-2/h3-29H2,1-2H3. The van der Waals surface area contributed by atoms with Crippen LogP contribution in [0.2, 0.25) is 0 Å². The van der Waals surface area contributed by atoms with Gasteiger partial charge in [0.25, 0.3) is 0 Å². The second-order valence-electron chi connectivity index (χ2n) is 8.73. The lowest BCUT2D eigenvalue weighted by atomic mass is 10.2. The van der Waals surface area contributed by atoms with Crippen LogP contribution in [0, 0.1) is 0 Å². The number of ether oxygens (including phenoxy) is 11. The third kappa shape index (κ3) is 37.6. The molecule has 0 aliphatic heterocycles. The molecule has 0 spiro atoms. The maximum atomic E-state index is 5.55. The van der Waals surface area contributed by atoms with Crippen molar-refractivity contribution < 1.29 is 52.1 Å². The fourth-order valence-electron chi connectivity index (χ4n) is 3.15. The topological polar surface area (TPSA) is 102 Å². The zero-order chi connectivity index (χ0) is 28.9. The van der Waals surface area contributed by atoms with Gasteiger partial charge in [-0.3, -0.25) is 0 Å². The van der Waals surface area contributed by atoms with E-state index in [1.165, 1.54) is 25.7 Å². The van der Waals surface area contributed by atoms with Crippen molar-refractivity contribution in [3.63, 3.8) is 0 Å².